The molecule has 22 heavy (non-hydrogen) atoms. The van der Waals surface area contributed by atoms with Crippen molar-refractivity contribution in [2.45, 2.75) is 20.4 Å². The van der Waals surface area contributed by atoms with Gasteiger partial charge in [-0.1, -0.05) is 26.0 Å². The molecule has 0 saturated heterocycles. The second-order valence-electron chi connectivity index (χ2n) is 5.34. The molecule has 0 atom stereocenters. The van der Waals surface area contributed by atoms with Crippen molar-refractivity contribution >= 4 is 5.91 Å². The molecule has 0 fully saturated rings. The molecule has 0 spiro atoms. The molecular formula is C16H19N3O3. The van der Waals surface area contributed by atoms with E-state index in [1.807, 2.05) is 24.3 Å². The zero-order valence-corrected chi connectivity index (χ0v) is 12.6. The van der Waals surface area contributed by atoms with Gasteiger partial charge in [0.05, 0.1) is 6.61 Å². The number of H-pyrrole nitrogens is 1. The molecule has 2 aromatic rings. The first-order valence-corrected chi connectivity index (χ1v) is 7.10. The van der Waals surface area contributed by atoms with Gasteiger partial charge in [0, 0.05) is 12.6 Å². The number of hydrogen-bond acceptors (Lipinski definition) is 4. The van der Waals surface area contributed by atoms with E-state index >= 15 is 0 Å². The lowest BCUT2D eigenvalue weighted by molar-refractivity contribution is 0.0945. The number of ether oxygens (including phenoxy) is 1. The maximum absolute atomic E-state index is 11.9. The molecule has 0 radical (unpaired) electrons. The third-order valence-electron chi connectivity index (χ3n) is 2.87. The lowest BCUT2D eigenvalue weighted by Gasteiger charge is -2.09. The molecular weight excluding hydrogens is 282 g/mol. The van der Waals surface area contributed by atoms with Crippen molar-refractivity contribution in [3.63, 3.8) is 0 Å². The summed E-state index contributed by atoms with van der Waals surface area (Å²) in [6.07, 6.45) is 0. The van der Waals surface area contributed by atoms with E-state index in [2.05, 4.69) is 29.4 Å². The zero-order valence-electron chi connectivity index (χ0n) is 12.6. The minimum atomic E-state index is -0.339. The van der Waals surface area contributed by atoms with E-state index in [0.29, 0.717) is 19.1 Å². The molecule has 0 unspecified atom stereocenters. The van der Waals surface area contributed by atoms with Crippen LogP contribution in [-0.2, 0) is 6.54 Å². The van der Waals surface area contributed by atoms with Crippen LogP contribution in [0.2, 0.25) is 0 Å². The number of benzene rings is 1. The summed E-state index contributed by atoms with van der Waals surface area (Å²) in [6.45, 7) is 5.24. The Morgan fingerprint density at radius 2 is 1.95 bits per heavy atom. The van der Waals surface area contributed by atoms with E-state index in [4.69, 9.17) is 4.74 Å². The fourth-order valence-electron chi connectivity index (χ4n) is 1.71. The third kappa shape index (κ3) is 4.73. The lowest BCUT2D eigenvalue weighted by atomic mass is 10.2. The molecule has 6 nitrogen and oxygen atoms in total. The number of aromatic amines is 1. The maximum Gasteiger partial charge on any atom is 0.271 e. The molecule has 6 heteroatoms. The number of nitrogens with zero attached hydrogens (tertiary/aromatic N) is 1. The molecule has 1 heterocycles. The molecule has 2 rings (SSSR count). The SMILES string of the molecule is CC(C)COc1ccc(CNC(=O)c2ccc(=O)[nH]n2)cc1. The number of carbonyl (C=O) groups is 1. The predicted octanol–water partition coefficient (Wildman–Crippen LogP) is 1.73. The molecule has 1 aromatic heterocycles. The summed E-state index contributed by atoms with van der Waals surface area (Å²) in [6, 6.07) is 10.2. The van der Waals surface area contributed by atoms with E-state index in [-0.39, 0.29) is 17.2 Å². The predicted molar refractivity (Wildman–Crippen MR) is 82.8 cm³/mol. The minimum Gasteiger partial charge on any atom is -0.493 e. The molecule has 0 aliphatic carbocycles. The largest absolute Gasteiger partial charge is 0.493 e. The standard InChI is InChI=1S/C16H19N3O3/c1-11(2)10-22-13-5-3-12(4-6-13)9-17-16(21)14-7-8-15(20)19-18-14/h3-8,11H,9-10H2,1-2H3,(H,17,21)(H,19,20). The number of carbonyl (C=O) groups excluding carboxylic acids is 1. The Labute approximate surface area is 128 Å². The average Bonchev–Trinajstić information content (AvgIpc) is 2.52. The van der Waals surface area contributed by atoms with Crippen LogP contribution in [0.1, 0.15) is 29.9 Å². The number of nitrogens with one attached hydrogen (secondary N) is 2. The summed E-state index contributed by atoms with van der Waals surface area (Å²) in [4.78, 5) is 22.7. The van der Waals surface area contributed by atoms with Crippen molar-refractivity contribution in [2.75, 3.05) is 6.61 Å². The van der Waals surface area contributed by atoms with Crippen molar-refractivity contribution in [1.29, 1.82) is 0 Å². The summed E-state index contributed by atoms with van der Waals surface area (Å²) in [5.74, 6) is 0.950. The van der Waals surface area contributed by atoms with Gasteiger partial charge >= 0.3 is 0 Å². The van der Waals surface area contributed by atoms with Crippen molar-refractivity contribution < 1.29 is 9.53 Å². The summed E-state index contributed by atoms with van der Waals surface area (Å²) in [7, 11) is 0. The fraction of sp³-hybridized carbons (Fsp3) is 0.312. The van der Waals surface area contributed by atoms with Gasteiger partial charge in [-0.15, -0.1) is 0 Å². The van der Waals surface area contributed by atoms with Crippen molar-refractivity contribution in [2.24, 2.45) is 5.92 Å². The molecule has 1 aromatic carbocycles. The first kappa shape index (κ1) is 15.8. The van der Waals surface area contributed by atoms with Gasteiger partial charge in [-0.25, -0.2) is 5.10 Å². The van der Waals surface area contributed by atoms with Crippen LogP contribution in [0.5, 0.6) is 5.75 Å². The second kappa shape index (κ2) is 7.40. The first-order chi connectivity index (χ1) is 10.5. The van der Waals surface area contributed by atoms with Crippen LogP contribution in [0.25, 0.3) is 0 Å². The number of amides is 1. The number of rotatable bonds is 6. The van der Waals surface area contributed by atoms with Crippen molar-refractivity contribution in [3.05, 3.63) is 58.0 Å². The van der Waals surface area contributed by atoms with Crippen LogP contribution >= 0.6 is 0 Å². The Morgan fingerprint density at radius 3 is 2.55 bits per heavy atom. The van der Waals surface area contributed by atoms with Gasteiger partial charge in [0.25, 0.3) is 11.5 Å². The summed E-state index contributed by atoms with van der Waals surface area (Å²) in [5.41, 5.74) is 0.791. The van der Waals surface area contributed by atoms with Gasteiger partial charge in [-0.2, -0.15) is 5.10 Å². The summed E-state index contributed by atoms with van der Waals surface area (Å²) >= 11 is 0. The van der Waals surface area contributed by atoms with Crippen LogP contribution in [-0.4, -0.2) is 22.7 Å². The van der Waals surface area contributed by atoms with Gasteiger partial charge < -0.3 is 10.1 Å². The van der Waals surface area contributed by atoms with Crippen LogP contribution in [0.3, 0.4) is 0 Å². The Hall–Kier alpha value is -2.63. The summed E-state index contributed by atoms with van der Waals surface area (Å²) < 4.78 is 5.60. The van der Waals surface area contributed by atoms with Crippen LogP contribution in [0.15, 0.2) is 41.2 Å². The molecule has 0 saturated carbocycles. The molecule has 2 N–H and O–H groups in total. The van der Waals surface area contributed by atoms with Gasteiger partial charge in [0.1, 0.15) is 11.4 Å². The molecule has 1 amide bonds. The molecule has 0 bridgehead atoms. The average molecular weight is 301 g/mol. The number of hydrogen-bond donors (Lipinski definition) is 2. The normalized spacial score (nSPS) is 10.5. The van der Waals surface area contributed by atoms with Gasteiger partial charge in [0.15, 0.2) is 0 Å². The first-order valence-electron chi connectivity index (χ1n) is 7.10. The zero-order chi connectivity index (χ0) is 15.9. The van der Waals surface area contributed by atoms with Gasteiger partial charge in [0.2, 0.25) is 0 Å². The van der Waals surface area contributed by atoms with Crippen LogP contribution < -0.4 is 15.6 Å². The third-order valence-corrected chi connectivity index (χ3v) is 2.87. The molecule has 116 valence electrons. The maximum atomic E-state index is 11.9. The van der Waals surface area contributed by atoms with E-state index < -0.39 is 0 Å². The van der Waals surface area contributed by atoms with E-state index in [1.54, 1.807) is 0 Å². The highest BCUT2D eigenvalue weighted by atomic mass is 16.5. The Balaban J connectivity index is 1.87. The Kier molecular flexibility index (Phi) is 5.30. The van der Waals surface area contributed by atoms with Crippen molar-refractivity contribution in [1.82, 2.24) is 15.5 Å². The van der Waals surface area contributed by atoms with Crippen molar-refractivity contribution in [3.8, 4) is 5.75 Å². The van der Waals surface area contributed by atoms with Gasteiger partial charge in [-0.3, -0.25) is 9.59 Å². The quantitative estimate of drug-likeness (QED) is 0.851. The highest BCUT2D eigenvalue weighted by Gasteiger charge is 2.07. The topological polar surface area (TPSA) is 84.1 Å². The fourth-order valence-corrected chi connectivity index (χ4v) is 1.71. The van der Waals surface area contributed by atoms with Crippen LogP contribution in [0, 0.1) is 5.92 Å². The highest BCUT2D eigenvalue weighted by Crippen LogP contribution is 2.13. The number of aromatic nitrogens is 2. The van der Waals surface area contributed by atoms with Crippen LogP contribution in [0.4, 0.5) is 0 Å². The molecule has 0 aliphatic heterocycles. The Morgan fingerprint density at radius 1 is 1.23 bits per heavy atom. The monoisotopic (exact) mass is 301 g/mol. The smallest absolute Gasteiger partial charge is 0.271 e. The highest BCUT2D eigenvalue weighted by molar-refractivity contribution is 5.91. The molecule has 0 aliphatic rings. The Bertz CT molecular complexity index is 657. The summed E-state index contributed by atoms with van der Waals surface area (Å²) in [5, 5.41) is 8.64. The van der Waals surface area contributed by atoms with E-state index in [0.717, 1.165) is 11.3 Å². The van der Waals surface area contributed by atoms with Gasteiger partial charge in [-0.05, 0) is 29.7 Å². The second-order valence-corrected chi connectivity index (χ2v) is 5.34. The van der Waals surface area contributed by atoms with E-state index in [1.165, 1.54) is 12.1 Å². The van der Waals surface area contributed by atoms with E-state index in [9.17, 15) is 9.59 Å². The lowest BCUT2D eigenvalue weighted by Crippen LogP contribution is -2.25. The minimum absolute atomic E-state index is 0.177.